The van der Waals surface area contributed by atoms with Gasteiger partial charge in [-0.3, -0.25) is 0 Å². The molecule has 1 heterocycles. The summed E-state index contributed by atoms with van der Waals surface area (Å²) in [6, 6.07) is 8.23. The Kier molecular flexibility index (Phi) is 8.50. The van der Waals surface area contributed by atoms with Gasteiger partial charge in [0, 0.05) is 11.6 Å². The molecule has 1 saturated carbocycles. The van der Waals surface area contributed by atoms with Gasteiger partial charge in [-0.25, -0.2) is 17.6 Å². The first-order chi connectivity index (χ1) is 19.6. The molecular formula is C33H32F6O2. The molecule has 5 rings (SSSR count). The van der Waals surface area contributed by atoms with E-state index in [1.54, 1.807) is 6.07 Å². The highest BCUT2D eigenvalue weighted by molar-refractivity contribution is 5.40. The van der Waals surface area contributed by atoms with Crippen molar-refractivity contribution < 1.29 is 35.8 Å². The van der Waals surface area contributed by atoms with Crippen LogP contribution in [0.3, 0.4) is 0 Å². The SMILES string of the molecule is C=CCC1CCC(c2ccc(CCc3cc(F)c(C(F)(F)Oc4cc(F)c(C5CO5)cc4C)cc3F)c(F)c2)CC1. The molecule has 1 aliphatic heterocycles. The quantitative estimate of drug-likeness (QED) is 0.137. The van der Waals surface area contributed by atoms with Crippen LogP contribution in [0.2, 0.25) is 0 Å². The minimum Gasteiger partial charge on any atom is -0.428 e. The number of aryl methyl sites for hydroxylation is 3. The second-order valence-corrected chi connectivity index (χ2v) is 11.1. The lowest BCUT2D eigenvalue weighted by molar-refractivity contribution is -0.188. The fourth-order valence-corrected chi connectivity index (χ4v) is 5.72. The zero-order valence-electron chi connectivity index (χ0n) is 22.8. The van der Waals surface area contributed by atoms with Crippen LogP contribution in [0.1, 0.15) is 77.5 Å². The van der Waals surface area contributed by atoms with Crippen molar-refractivity contribution in [3.63, 3.8) is 0 Å². The van der Waals surface area contributed by atoms with Crippen molar-refractivity contribution in [2.45, 2.75) is 70.0 Å². The summed E-state index contributed by atoms with van der Waals surface area (Å²) in [5, 5.41) is 0. The molecule has 41 heavy (non-hydrogen) atoms. The number of epoxide rings is 1. The number of halogens is 6. The molecule has 1 atom stereocenters. The molecule has 1 unspecified atom stereocenters. The van der Waals surface area contributed by atoms with Crippen LogP contribution < -0.4 is 4.74 Å². The highest BCUT2D eigenvalue weighted by Gasteiger charge is 2.40. The Bertz CT molecular complexity index is 1420. The summed E-state index contributed by atoms with van der Waals surface area (Å²) in [6.07, 6.45) is 2.32. The van der Waals surface area contributed by atoms with Crippen LogP contribution in [0.25, 0.3) is 0 Å². The molecule has 1 saturated heterocycles. The minimum absolute atomic E-state index is 0.0658. The molecule has 0 bridgehead atoms. The zero-order valence-corrected chi connectivity index (χ0v) is 22.8. The standard InChI is InChI=1S/C33H32F6O2/c1-3-4-20-5-7-21(8-6-20)23-11-9-22(27(34)14-23)10-12-24-15-30(37)26(16-28(24)35)33(38,39)41-31-17-29(36)25(13-19(31)2)32-18-40-32/h3,9,11,13-17,20-21,32H,1,4-8,10,12,18H2,2H3. The molecule has 3 aromatic carbocycles. The van der Waals surface area contributed by atoms with Crippen molar-refractivity contribution in [1.82, 2.24) is 0 Å². The van der Waals surface area contributed by atoms with E-state index in [1.165, 1.54) is 19.1 Å². The van der Waals surface area contributed by atoms with E-state index in [0.717, 1.165) is 43.7 Å². The van der Waals surface area contributed by atoms with Crippen LogP contribution in [-0.2, 0) is 23.7 Å². The van der Waals surface area contributed by atoms with Gasteiger partial charge < -0.3 is 9.47 Å². The summed E-state index contributed by atoms with van der Waals surface area (Å²) in [5.74, 6) is -3.24. The summed E-state index contributed by atoms with van der Waals surface area (Å²) < 4.78 is 98.5. The lowest BCUT2D eigenvalue weighted by atomic mass is 9.77. The molecule has 3 aromatic rings. The molecule has 0 spiro atoms. The van der Waals surface area contributed by atoms with E-state index in [4.69, 9.17) is 4.74 Å². The van der Waals surface area contributed by atoms with Crippen LogP contribution in [0, 0.1) is 36.1 Å². The monoisotopic (exact) mass is 574 g/mol. The van der Waals surface area contributed by atoms with E-state index < -0.39 is 46.8 Å². The van der Waals surface area contributed by atoms with E-state index in [1.807, 2.05) is 12.1 Å². The maximum Gasteiger partial charge on any atom is 0.429 e. The van der Waals surface area contributed by atoms with Crippen molar-refractivity contribution in [3.05, 3.63) is 112 Å². The van der Waals surface area contributed by atoms with Crippen LogP contribution in [0.5, 0.6) is 5.75 Å². The Morgan fingerprint density at radius 2 is 1.56 bits per heavy atom. The topological polar surface area (TPSA) is 21.8 Å². The fourth-order valence-electron chi connectivity index (χ4n) is 5.72. The van der Waals surface area contributed by atoms with Gasteiger partial charge in [0.25, 0.3) is 0 Å². The highest BCUT2D eigenvalue weighted by Crippen LogP contribution is 2.40. The summed E-state index contributed by atoms with van der Waals surface area (Å²) >= 11 is 0. The average Bonchev–Trinajstić information content (AvgIpc) is 3.77. The van der Waals surface area contributed by atoms with Gasteiger partial charge in [0.2, 0.25) is 0 Å². The normalized spacial score (nSPS) is 20.6. The molecule has 2 nitrogen and oxygen atoms in total. The van der Waals surface area contributed by atoms with E-state index in [2.05, 4.69) is 11.3 Å². The van der Waals surface area contributed by atoms with Crippen LogP contribution in [0.4, 0.5) is 26.3 Å². The molecule has 1 aliphatic carbocycles. The maximum atomic E-state index is 14.9. The molecule has 2 fully saturated rings. The average molecular weight is 575 g/mol. The van der Waals surface area contributed by atoms with Crippen molar-refractivity contribution in [2.75, 3.05) is 6.61 Å². The van der Waals surface area contributed by atoms with Crippen LogP contribution in [-0.4, -0.2) is 6.61 Å². The molecule has 0 N–H and O–H groups in total. The lowest BCUT2D eigenvalue weighted by Gasteiger charge is -2.28. The predicted molar refractivity (Wildman–Crippen MR) is 144 cm³/mol. The molecular weight excluding hydrogens is 542 g/mol. The fraction of sp³-hybridized carbons (Fsp3) is 0.394. The molecule has 2 aliphatic rings. The number of hydrogen-bond donors (Lipinski definition) is 0. The Hall–Kier alpha value is -3.26. The first kappa shape index (κ1) is 29.2. The third-order valence-electron chi connectivity index (χ3n) is 8.22. The van der Waals surface area contributed by atoms with Gasteiger partial charge in [0.1, 0.15) is 40.7 Å². The Labute approximate surface area is 236 Å². The minimum atomic E-state index is -4.27. The zero-order chi connectivity index (χ0) is 29.3. The molecule has 8 heteroatoms. The summed E-state index contributed by atoms with van der Waals surface area (Å²) in [6.45, 7) is 5.57. The summed E-state index contributed by atoms with van der Waals surface area (Å²) in [4.78, 5) is 0. The number of ether oxygens (including phenoxy) is 2. The van der Waals surface area contributed by atoms with Crippen molar-refractivity contribution in [3.8, 4) is 5.75 Å². The molecule has 218 valence electrons. The predicted octanol–water partition coefficient (Wildman–Crippen LogP) is 9.39. The first-order valence-electron chi connectivity index (χ1n) is 13.9. The van der Waals surface area contributed by atoms with E-state index in [-0.39, 0.29) is 35.4 Å². The maximum absolute atomic E-state index is 14.9. The smallest absolute Gasteiger partial charge is 0.428 e. The lowest BCUT2D eigenvalue weighted by Crippen LogP contribution is -2.24. The third kappa shape index (κ3) is 6.64. The Balaban J connectivity index is 1.25. The molecule has 0 aromatic heterocycles. The number of benzene rings is 3. The van der Waals surface area contributed by atoms with Gasteiger partial charge in [-0.15, -0.1) is 6.58 Å². The van der Waals surface area contributed by atoms with Gasteiger partial charge in [-0.1, -0.05) is 18.2 Å². The second kappa shape index (κ2) is 11.9. The van der Waals surface area contributed by atoms with Crippen molar-refractivity contribution in [1.29, 1.82) is 0 Å². The largest absolute Gasteiger partial charge is 0.429 e. The molecule has 0 amide bonds. The van der Waals surface area contributed by atoms with Gasteiger partial charge in [0.15, 0.2) is 0 Å². The van der Waals surface area contributed by atoms with Gasteiger partial charge in [-0.2, -0.15) is 8.78 Å². The second-order valence-electron chi connectivity index (χ2n) is 11.1. The number of rotatable bonds is 10. The van der Waals surface area contributed by atoms with E-state index >= 15 is 0 Å². The summed E-state index contributed by atoms with van der Waals surface area (Å²) in [5.41, 5.74) is 0.204. The highest BCUT2D eigenvalue weighted by atomic mass is 19.3. The summed E-state index contributed by atoms with van der Waals surface area (Å²) in [7, 11) is 0. The van der Waals surface area contributed by atoms with Crippen LogP contribution in [0.15, 0.2) is 55.1 Å². The van der Waals surface area contributed by atoms with Crippen molar-refractivity contribution in [2.24, 2.45) is 5.92 Å². The number of allylic oxidation sites excluding steroid dienone is 1. The van der Waals surface area contributed by atoms with Gasteiger partial charge >= 0.3 is 6.11 Å². The Morgan fingerprint density at radius 3 is 2.22 bits per heavy atom. The van der Waals surface area contributed by atoms with Crippen molar-refractivity contribution >= 4 is 0 Å². The Morgan fingerprint density at radius 1 is 0.878 bits per heavy atom. The van der Waals surface area contributed by atoms with Gasteiger partial charge in [0.05, 0.1) is 6.61 Å². The van der Waals surface area contributed by atoms with Crippen LogP contribution >= 0.6 is 0 Å². The van der Waals surface area contributed by atoms with E-state index in [9.17, 15) is 26.3 Å². The number of hydrogen-bond acceptors (Lipinski definition) is 2. The first-order valence-corrected chi connectivity index (χ1v) is 13.9. The number of alkyl halides is 2. The molecule has 0 radical (unpaired) electrons. The van der Waals surface area contributed by atoms with E-state index in [0.29, 0.717) is 30.2 Å². The van der Waals surface area contributed by atoms with Gasteiger partial charge in [-0.05, 0) is 110 Å². The third-order valence-corrected chi connectivity index (χ3v) is 8.22.